The lowest BCUT2D eigenvalue weighted by Gasteiger charge is -2.35. The highest BCUT2D eigenvalue weighted by atomic mass is 32.2. The molecule has 1 amide bonds. The Morgan fingerprint density at radius 3 is 3.05 bits per heavy atom. The van der Waals surface area contributed by atoms with Crippen LogP contribution in [-0.4, -0.2) is 28.7 Å². The summed E-state index contributed by atoms with van der Waals surface area (Å²) in [6.45, 7) is 0.585. The number of rotatable bonds is 4. The minimum Gasteiger partial charge on any atom is -0.497 e. The number of carbonyl (C=O) groups is 1. The Morgan fingerprint density at radius 1 is 1.36 bits per heavy atom. The second-order valence-corrected chi connectivity index (χ2v) is 6.32. The Labute approximate surface area is 134 Å². The fraction of sp³-hybridized carbons (Fsp3) is 0.294. The number of ether oxygens (including phenoxy) is 1. The topological polar surface area (TPSA) is 42.4 Å². The maximum atomic E-state index is 12.4. The van der Waals surface area contributed by atoms with Gasteiger partial charge in [0.25, 0.3) is 0 Å². The van der Waals surface area contributed by atoms with E-state index in [1.807, 2.05) is 41.4 Å². The molecule has 0 saturated carbocycles. The van der Waals surface area contributed by atoms with Crippen LogP contribution in [0.4, 0.5) is 0 Å². The first kappa shape index (κ1) is 14.9. The summed E-state index contributed by atoms with van der Waals surface area (Å²) >= 11 is 1.80. The Balaban J connectivity index is 1.87. The van der Waals surface area contributed by atoms with Crippen molar-refractivity contribution in [3.05, 3.63) is 59.9 Å². The molecule has 1 aromatic heterocycles. The first-order valence-electron chi connectivity index (χ1n) is 7.22. The summed E-state index contributed by atoms with van der Waals surface area (Å²) in [5, 5.41) is 0.0246. The molecule has 4 nitrogen and oxygen atoms in total. The lowest BCUT2D eigenvalue weighted by Crippen LogP contribution is -2.36. The van der Waals surface area contributed by atoms with Crippen LogP contribution in [0.3, 0.4) is 0 Å². The van der Waals surface area contributed by atoms with Crippen LogP contribution in [0.2, 0.25) is 0 Å². The van der Waals surface area contributed by atoms with Gasteiger partial charge < -0.3 is 9.64 Å². The molecule has 2 heterocycles. The molecule has 0 bridgehead atoms. The first-order chi connectivity index (χ1) is 10.8. The maximum Gasteiger partial charge on any atom is 0.224 e. The van der Waals surface area contributed by atoms with Crippen LogP contribution in [0.15, 0.2) is 48.8 Å². The average Bonchev–Trinajstić information content (AvgIpc) is 2.58. The van der Waals surface area contributed by atoms with E-state index in [4.69, 9.17) is 4.74 Å². The van der Waals surface area contributed by atoms with E-state index in [0.717, 1.165) is 22.6 Å². The van der Waals surface area contributed by atoms with E-state index in [0.29, 0.717) is 13.0 Å². The Morgan fingerprint density at radius 2 is 2.27 bits per heavy atom. The maximum absolute atomic E-state index is 12.4. The summed E-state index contributed by atoms with van der Waals surface area (Å²) in [5.41, 5.74) is 2.15. The highest BCUT2D eigenvalue weighted by Gasteiger charge is 2.30. The molecule has 0 radical (unpaired) electrons. The van der Waals surface area contributed by atoms with Gasteiger partial charge in [0, 0.05) is 31.1 Å². The predicted molar refractivity (Wildman–Crippen MR) is 87.6 cm³/mol. The minimum absolute atomic E-state index is 0.0246. The second-order valence-electron chi connectivity index (χ2n) is 5.13. The van der Waals surface area contributed by atoms with Gasteiger partial charge in [-0.3, -0.25) is 9.78 Å². The number of methoxy groups -OCH3 is 1. The van der Waals surface area contributed by atoms with Crippen molar-refractivity contribution >= 4 is 17.7 Å². The van der Waals surface area contributed by atoms with Crippen molar-refractivity contribution in [1.29, 1.82) is 0 Å². The first-order valence-corrected chi connectivity index (χ1v) is 8.27. The summed E-state index contributed by atoms with van der Waals surface area (Å²) < 4.78 is 5.30. The monoisotopic (exact) mass is 314 g/mol. The number of hydrogen-bond acceptors (Lipinski definition) is 4. The fourth-order valence-corrected chi connectivity index (χ4v) is 3.78. The zero-order valence-corrected chi connectivity index (χ0v) is 13.3. The number of hydrogen-bond donors (Lipinski definition) is 0. The quantitative estimate of drug-likeness (QED) is 0.869. The number of pyridine rings is 1. The van der Waals surface area contributed by atoms with Gasteiger partial charge in [-0.05, 0) is 29.3 Å². The van der Waals surface area contributed by atoms with Gasteiger partial charge in [0.2, 0.25) is 5.91 Å². The van der Waals surface area contributed by atoms with Crippen molar-refractivity contribution in [2.75, 3.05) is 12.9 Å². The molecule has 0 aliphatic carbocycles. The van der Waals surface area contributed by atoms with Gasteiger partial charge in [-0.25, -0.2) is 0 Å². The third-order valence-electron chi connectivity index (χ3n) is 3.65. The smallest absolute Gasteiger partial charge is 0.224 e. The van der Waals surface area contributed by atoms with E-state index in [1.54, 1.807) is 25.1 Å². The molecule has 1 aromatic carbocycles. The largest absolute Gasteiger partial charge is 0.497 e. The van der Waals surface area contributed by atoms with Gasteiger partial charge in [-0.2, -0.15) is 0 Å². The summed E-state index contributed by atoms with van der Waals surface area (Å²) in [6.07, 6.45) is 4.15. The number of aromatic nitrogens is 1. The van der Waals surface area contributed by atoms with Crippen LogP contribution in [0, 0.1) is 0 Å². The summed E-state index contributed by atoms with van der Waals surface area (Å²) in [6, 6.07) is 11.8. The lowest BCUT2D eigenvalue weighted by molar-refractivity contribution is -0.132. The van der Waals surface area contributed by atoms with E-state index >= 15 is 0 Å². The molecule has 22 heavy (non-hydrogen) atoms. The summed E-state index contributed by atoms with van der Waals surface area (Å²) in [4.78, 5) is 18.5. The van der Waals surface area contributed by atoms with Gasteiger partial charge in [-0.15, -0.1) is 11.8 Å². The van der Waals surface area contributed by atoms with Crippen LogP contribution in [0.25, 0.3) is 0 Å². The van der Waals surface area contributed by atoms with Crippen LogP contribution < -0.4 is 4.74 Å². The summed E-state index contributed by atoms with van der Waals surface area (Å²) in [5.74, 6) is 1.86. The molecule has 1 fully saturated rings. The van der Waals surface area contributed by atoms with Crippen molar-refractivity contribution in [1.82, 2.24) is 9.88 Å². The van der Waals surface area contributed by atoms with E-state index in [-0.39, 0.29) is 11.3 Å². The van der Waals surface area contributed by atoms with Gasteiger partial charge in [0.1, 0.15) is 11.1 Å². The molecule has 1 unspecified atom stereocenters. The molecule has 1 saturated heterocycles. The number of carbonyl (C=O) groups excluding carboxylic acids is 1. The van der Waals surface area contributed by atoms with E-state index in [2.05, 4.69) is 11.1 Å². The van der Waals surface area contributed by atoms with Crippen LogP contribution in [0.1, 0.15) is 22.9 Å². The molecule has 1 aliphatic heterocycles. The molecule has 0 spiro atoms. The SMILES string of the molecule is COc1cccc(C2SCCC(=O)N2Cc2cccnc2)c1. The Bertz CT molecular complexity index is 648. The van der Waals surface area contributed by atoms with Crippen molar-refractivity contribution in [3.63, 3.8) is 0 Å². The predicted octanol–water partition coefficient (Wildman–Crippen LogP) is 3.25. The second kappa shape index (κ2) is 6.83. The average molecular weight is 314 g/mol. The highest BCUT2D eigenvalue weighted by Crippen LogP contribution is 2.39. The van der Waals surface area contributed by atoms with Crippen LogP contribution >= 0.6 is 11.8 Å². The van der Waals surface area contributed by atoms with Crippen molar-refractivity contribution < 1.29 is 9.53 Å². The van der Waals surface area contributed by atoms with Gasteiger partial charge >= 0.3 is 0 Å². The third-order valence-corrected chi connectivity index (χ3v) is 4.93. The molecule has 0 N–H and O–H groups in total. The fourth-order valence-electron chi connectivity index (χ4n) is 2.55. The van der Waals surface area contributed by atoms with E-state index in [9.17, 15) is 4.79 Å². The number of amides is 1. The number of thioether (sulfide) groups is 1. The molecular weight excluding hydrogens is 296 g/mol. The van der Waals surface area contributed by atoms with E-state index < -0.39 is 0 Å². The van der Waals surface area contributed by atoms with Gasteiger partial charge in [-0.1, -0.05) is 18.2 Å². The number of nitrogens with zero attached hydrogens (tertiary/aromatic N) is 2. The summed E-state index contributed by atoms with van der Waals surface area (Å²) in [7, 11) is 1.66. The number of benzene rings is 1. The van der Waals surface area contributed by atoms with Crippen LogP contribution in [0.5, 0.6) is 5.75 Å². The minimum atomic E-state index is 0.0246. The molecule has 1 aliphatic rings. The van der Waals surface area contributed by atoms with Crippen molar-refractivity contribution in [2.45, 2.75) is 18.3 Å². The standard InChI is InChI=1S/C17H18N2O2S/c1-21-15-6-2-5-14(10-15)17-19(16(20)7-9-22-17)12-13-4-3-8-18-11-13/h2-6,8,10-11,17H,7,9,12H2,1H3. The van der Waals surface area contributed by atoms with Gasteiger partial charge in [0.05, 0.1) is 7.11 Å². The molecule has 114 valence electrons. The molecule has 1 atom stereocenters. The normalized spacial score (nSPS) is 18.3. The van der Waals surface area contributed by atoms with E-state index in [1.165, 1.54) is 0 Å². The van der Waals surface area contributed by atoms with Crippen molar-refractivity contribution in [2.24, 2.45) is 0 Å². The lowest BCUT2D eigenvalue weighted by atomic mass is 10.1. The zero-order chi connectivity index (χ0) is 15.4. The van der Waals surface area contributed by atoms with Crippen LogP contribution in [-0.2, 0) is 11.3 Å². The van der Waals surface area contributed by atoms with Crippen molar-refractivity contribution in [3.8, 4) is 5.75 Å². The Hall–Kier alpha value is -2.01. The molecule has 5 heteroatoms. The molecular formula is C17H18N2O2S. The highest BCUT2D eigenvalue weighted by molar-refractivity contribution is 7.99. The third kappa shape index (κ3) is 3.25. The van der Waals surface area contributed by atoms with Gasteiger partial charge in [0.15, 0.2) is 0 Å². The molecule has 2 aromatic rings. The molecule has 3 rings (SSSR count). The zero-order valence-electron chi connectivity index (χ0n) is 12.4. The Kier molecular flexibility index (Phi) is 4.63.